The quantitative estimate of drug-likeness (QED) is 0.363. The van der Waals surface area contributed by atoms with Crippen molar-refractivity contribution in [3.63, 3.8) is 0 Å². The monoisotopic (exact) mass is 488 g/mol. The Morgan fingerprint density at radius 2 is 1.94 bits per heavy atom. The summed E-state index contributed by atoms with van der Waals surface area (Å²) in [6, 6.07) is 5.75. The molecule has 9 heteroatoms. The number of amides is 1. The van der Waals surface area contributed by atoms with Crippen LogP contribution in [0, 0.1) is 0 Å². The van der Waals surface area contributed by atoms with Gasteiger partial charge >= 0.3 is 5.69 Å². The van der Waals surface area contributed by atoms with Crippen LogP contribution in [0.15, 0.2) is 28.0 Å². The van der Waals surface area contributed by atoms with E-state index in [-0.39, 0.29) is 17.3 Å². The van der Waals surface area contributed by atoms with Gasteiger partial charge in [-0.1, -0.05) is 17.8 Å². The van der Waals surface area contributed by atoms with Gasteiger partial charge in [0.05, 0.1) is 20.0 Å². The molecule has 2 aromatic rings. The Hall–Kier alpha value is -2.52. The van der Waals surface area contributed by atoms with Crippen LogP contribution in [0.4, 0.5) is 0 Å². The largest absolute Gasteiger partial charge is 0.493 e. The smallest absolute Gasteiger partial charge is 0.348 e. The fourth-order valence-corrected chi connectivity index (χ4v) is 5.12. The van der Waals surface area contributed by atoms with E-state index in [1.165, 1.54) is 11.8 Å². The zero-order chi connectivity index (χ0) is 24.5. The van der Waals surface area contributed by atoms with E-state index in [4.69, 9.17) is 9.47 Å². The summed E-state index contributed by atoms with van der Waals surface area (Å²) in [6.07, 6.45) is 5.60. The van der Waals surface area contributed by atoms with Gasteiger partial charge in [0, 0.05) is 24.3 Å². The first-order valence-corrected chi connectivity index (χ1v) is 12.8. The first-order chi connectivity index (χ1) is 16.4. The molecule has 1 N–H and O–H groups in total. The van der Waals surface area contributed by atoms with Gasteiger partial charge in [0.15, 0.2) is 11.5 Å². The lowest BCUT2D eigenvalue weighted by atomic mass is 9.97. The van der Waals surface area contributed by atoms with Crippen molar-refractivity contribution in [2.75, 3.05) is 47.2 Å². The Kier molecular flexibility index (Phi) is 9.83. The number of thioether (sulfide) groups is 1. The molecule has 1 amide bonds. The van der Waals surface area contributed by atoms with Crippen molar-refractivity contribution in [3.8, 4) is 11.5 Å². The van der Waals surface area contributed by atoms with E-state index >= 15 is 0 Å². The zero-order valence-corrected chi connectivity index (χ0v) is 21.5. The summed E-state index contributed by atoms with van der Waals surface area (Å²) in [5, 5.41) is 3.69. The number of hydrogen-bond acceptors (Lipinski definition) is 7. The van der Waals surface area contributed by atoms with Crippen molar-refractivity contribution in [2.45, 2.75) is 50.1 Å². The molecule has 186 valence electrons. The Morgan fingerprint density at radius 1 is 1.18 bits per heavy atom. The second-order valence-corrected chi connectivity index (χ2v) is 9.68. The van der Waals surface area contributed by atoms with Crippen LogP contribution in [0.25, 0.3) is 0 Å². The number of nitrogens with zero attached hydrogens (tertiary/aromatic N) is 3. The van der Waals surface area contributed by atoms with Crippen LogP contribution < -0.4 is 20.5 Å². The molecule has 1 aromatic heterocycles. The van der Waals surface area contributed by atoms with Gasteiger partial charge in [-0.25, -0.2) is 4.79 Å². The van der Waals surface area contributed by atoms with Crippen molar-refractivity contribution >= 4 is 17.7 Å². The summed E-state index contributed by atoms with van der Waals surface area (Å²) < 4.78 is 12.5. The minimum Gasteiger partial charge on any atom is -0.493 e. The highest BCUT2D eigenvalue weighted by atomic mass is 32.2. The van der Waals surface area contributed by atoms with Gasteiger partial charge in [0.2, 0.25) is 5.91 Å². The summed E-state index contributed by atoms with van der Waals surface area (Å²) >= 11 is 1.37. The van der Waals surface area contributed by atoms with Gasteiger partial charge < -0.3 is 19.7 Å². The number of aromatic nitrogens is 2. The summed E-state index contributed by atoms with van der Waals surface area (Å²) in [7, 11) is 7.29. The predicted molar refractivity (Wildman–Crippen MR) is 135 cm³/mol. The second kappa shape index (κ2) is 12.8. The van der Waals surface area contributed by atoms with Crippen molar-refractivity contribution < 1.29 is 14.3 Å². The summed E-state index contributed by atoms with van der Waals surface area (Å²) in [6.45, 7) is 2.14. The summed E-state index contributed by atoms with van der Waals surface area (Å²) in [5.41, 5.74) is 3.12. The molecular formula is C25H36N4O4S. The summed E-state index contributed by atoms with van der Waals surface area (Å²) in [4.78, 5) is 31.7. The van der Waals surface area contributed by atoms with E-state index in [1.807, 2.05) is 36.9 Å². The van der Waals surface area contributed by atoms with Crippen molar-refractivity contribution in [2.24, 2.45) is 0 Å². The lowest BCUT2D eigenvalue weighted by molar-refractivity contribution is -0.118. The standard InChI is InChI=1S/C25H36N4O4S/c1-28(2)14-7-15-29-20-9-6-5-8-19(20)24(27-25(29)31)34-17-23(30)26-13-12-18-10-11-21(32-3)22(16-18)33-4/h10-11,16H,5-9,12-15,17H2,1-4H3,(H,26,30). The molecule has 0 radical (unpaired) electrons. The Morgan fingerprint density at radius 3 is 2.68 bits per heavy atom. The van der Waals surface area contributed by atoms with Crippen LogP contribution in [0.5, 0.6) is 11.5 Å². The van der Waals surface area contributed by atoms with Gasteiger partial charge in [-0.05, 0) is 76.9 Å². The van der Waals surface area contributed by atoms with E-state index in [0.29, 0.717) is 31.0 Å². The molecule has 1 aliphatic rings. The van der Waals surface area contributed by atoms with Crippen LogP contribution >= 0.6 is 11.8 Å². The van der Waals surface area contributed by atoms with Gasteiger partial charge in [-0.15, -0.1) is 0 Å². The molecule has 0 saturated heterocycles. The van der Waals surface area contributed by atoms with E-state index in [1.54, 1.807) is 14.2 Å². The number of hydrogen-bond donors (Lipinski definition) is 1. The van der Waals surface area contributed by atoms with Crippen LogP contribution in [0.3, 0.4) is 0 Å². The number of methoxy groups -OCH3 is 2. The third kappa shape index (κ3) is 6.99. The molecule has 1 aromatic carbocycles. The molecule has 8 nitrogen and oxygen atoms in total. The van der Waals surface area contributed by atoms with E-state index in [0.717, 1.165) is 60.5 Å². The number of ether oxygens (including phenoxy) is 2. The maximum absolute atomic E-state index is 12.8. The topological polar surface area (TPSA) is 85.7 Å². The lowest BCUT2D eigenvalue weighted by Gasteiger charge is -2.23. The average Bonchev–Trinajstić information content (AvgIpc) is 2.83. The highest BCUT2D eigenvalue weighted by molar-refractivity contribution is 7.99. The first kappa shape index (κ1) is 26.1. The van der Waals surface area contributed by atoms with Gasteiger partial charge in [-0.2, -0.15) is 4.98 Å². The minimum absolute atomic E-state index is 0.0630. The fraction of sp³-hybridized carbons (Fsp3) is 0.560. The number of carbonyl (C=O) groups is 1. The number of nitrogens with one attached hydrogen (secondary N) is 1. The van der Waals surface area contributed by atoms with Crippen LogP contribution in [0.1, 0.15) is 36.1 Å². The second-order valence-electron chi connectivity index (χ2n) is 8.72. The first-order valence-electron chi connectivity index (χ1n) is 11.8. The van der Waals surface area contributed by atoms with Gasteiger partial charge in [-0.3, -0.25) is 9.36 Å². The molecule has 0 aliphatic heterocycles. The van der Waals surface area contributed by atoms with Crippen LogP contribution in [0.2, 0.25) is 0 Å². The van der Waals surface area contributed by atoms with Crippen LogP contribution in [-0.2, 0) is 30.6 Å². The molecule has 0 spiro atoms. The molecule has 3 rings (SSSR count). The maximum atomic E-state index is 12.8. The maximum Gasteiger partial charge on any atom is 0.348 e. The lowest BCUT2D eigenvalue weighted by Crippen LogP contribution is -2.32. The highest BCUT2D eigenvalue weighted by Gasteiger charge is 2.21. The molecule has 0 atom stereocenters. The van der Waals surface area contributed by atoms with Crippen LogP contribution in [-0.4, -0.2) is 67.5 Å². The normalized spacial score (nSPS) is 13.0. The van der Waals surface area contributed by atoms with Gasteiger partial charge in [0.1, 0.15) is 5.03 Å². The molecular weight excluding hydrogens is 452 g/mol. The molecule has 1 aliphatic carbocycles. The number of benzene rings is 1. The number of rotatable bonds is 12. The SMILES string of the molecule is COc1ccc(CCNC(=O)CSc2nc(=O)n(CCCN(C)C)c3c2CCCC3)cc1OC. The molecule has 0 fully saturated rings. The third-order valence-corrected chi connectivity index (χ3v) is 6.98. The van der Waals surface area contributed by atoms with E-state index < -0.39 is 0 Å². The summed E-state index contributed by atoms with van der Waals surface area (Å²) in [5.74, 6) is 1.54. The Labute approximate surface area is 206 Å². The molecule has 0 saturated carbocycles. The van der Waals surface area contributed by atoms with Crippen molar-refractivity contribution in [3.05, 3.63) is 45.5 Å². The molecule has 34 heavy (non-hydrogen) atoms. The fourth-order valence-electron chi connectivity index (χ4n) is 4.21. The highest BCUT2D eigenvalue weighted by Crippen LogP contribution is 2.29. The molecule has 0 bridgehead atoms. The third-order valence-electron chi connectivity index (χ3n) is 5.96. The average molecular weight is 489 g/mol. The number of fused-ring (bicyclic) bond motifs is 1. The minimum atomic E-state index is -0.198. The Bertz CT molecular complexity index is 1040. The zero-order valence-electron chi connectivity index (χ0n) is 20.7. The van der Waals surface area contributed by atoms with Crippen molar-refractivity contribution in [1.82, 2.24) is 19.8 Å². The van der Waals surface area contributed by atoms with E-state index in [2.05, 4.69) is 15.2 Å². The number of carbonyl (C=O) groups excluding carboxylic acids is 1. The predicted octanol–water partition coefficient (Wildman–Crippen LogP) is 2.54. The van der Waals surface area contributed by atoms with E-state index in [9.17, 15) is 9.59 Å². The Balaban J connectivity index is 1.57. The van der Waals surface area contributed by atoms with Crippen molar-refractivity contribution in [1.29, 1.82) is 0 Å². The molecule has 1 heterocycles. The molecule has 0 unspecified atom stereocenters. The van der Waals surface area contributed by atoms with Gasteiger partial charge in [0.25, 0.3) is 0 Å².